The number of rotatable bonds is 4. The van der Waals surface area contributed by atoms with Crippen LogP contribution in [0.3, 0.4) is 0 Å². The van der Waals surface area contributed by atoms with Crippen LogP contribution in [0.2, 0.25) is 0 Å². The minimum Gasteiger partial charge on any atom is -0.287 e. The van der Waals surface area contributed by atoms with Crippen LogP contribution in [-0.2, 0) is 10.0 Å². The highest BCUT2D eigenvalue weighted by molar-refractivity contribution is 7.89. The first-order chi connectivity index (χ1) is 14.7. The second kappa shape index (κ2) is 7.31. The van der Waals surface area contributed by atoms with Gasteiger partial charge in [0.05, 0.1) is 4.90 Å². The summed E-state index contributed by atoms with van der Waals surface area (Å²) in [6.07, 6.45) is 5.39. The third-order valence-electron chi connectivity index (χ3n) is 5.13. The van der Waals surface area contributed by atoms with Crippen molar-refractivity contribution < 1.29 is 8.42 Å². The number of benzene rings is 3. The molecular formula is C24H19N3O2S. The van der Waals surface area contributed by atoms with Crippen molar-refractivity contribution in [1.29, 1.82) is 0 Å². The molecule has 0 spiro atoms. The summed E-state index contributed by atoms with van der Waals surface area (Å²) in [6, 6.07) is 27.3. The van der Waals surface area contributed by atoms with Crippen LogP contribution in [-0.4, -0.2) is 22.3 Å². The summed E-state index contributed by atoms with van der Waals surface area (Å²) in [7, 11) is -3.84. The quantitative estimate of drug-likeness (QED) is 0.490. The highest BCUT2D eigenvalue weighted by Gasteiger charge is 2.43. The standard InChI is InChI=1S/C24H19N3O2S/c28-30(29,21-14-8-3-9-15-21)27-22(18-19-10-4-1-5-11-19)26-17-16-25-24(26)23(27)20-12-6-2-7-13-20/h1-18,23H/b22-18+. The number of hydrogen-bond acceptors (Lipinski definition) is 3. The average molecular weight is 414 g/mol. The summed E-state index contributed by atoms with van der Waals surface area (Å²) < 4.78 is 31.0. The van der Waals surface area contributed by atoms with Crippen molar-refractivity contribution in [2.24, 2.45) is 0 Å². The number of nitrogens with zero attached hydrogens (tertiary/aromatic N) is 3. The van der Waals surface area contributed by atoms with E-state index in [1.165, 1.54) is 4.31 Å². The Balaban J connectivity index is 1.76. The second-order valence-corrected chi connectivity index (χ2v) is 8.81. The lowest BCUT2D eigenvalue weighted by Gasteiger charge is -2.26. The van der Waals surface area contributed by atoms with Crippen molar-refractivity contribution in [3.05, 3.63) is 120 Å². The minimum absolute atomic E-state index is 0.246. The van der Waals surface area contributed by atoms with Crippen molar-refractivity contribution >= 4 is 21.9 Å². The third-order valence-corrected chi connectivity index (χ3v) is 6.92. The lowest BCUT2D eigenvalue weighted by Crippen LogP contribution is -2.30. The average Bonchev–Trinajstić information content (AvgIpc) is 3.38. The van der Waals surface area contributed by atoms with Gasteiger partial charge in [-0.3, -0.25) is 4.57 Å². The highest BCUT2D eigenvalue weighted by atomic mass is 32.2. The maximum absolute atomic E-state index is 13.8. The molecule has 4 aromatic rings. The van der Waals surface area contributed by atoms with Crippen LogP contribution in [0.1, 0.15) is 23.0 Å². The number of imidazole rings is 1. The molecule has 1 aliphatic rings. The summed E-state index contributed by atoms with van der Waals surface area (Å²) in [5, 5.41) is 0. The van der Waals surface area contributed by atoms with Crippen molar-refractivity contribution in [3.8, 4) is 0 Å². The summed E-state index contributed by atoms with van der Waals surface area (Å²) in [6.45, 7) is 0. The highest BCUT2D eigenvalue weighted by Crippen LogP contribution is 2.44. The van der Waals surface area contributed by atoms with E-state index >= 15 is 0 Å². The molecule has 0 N–H and O–H groups in total. The van der Waals surface area contributed by atoms with Crippen molar-refractivity contribution in [2.75, 3.05) is 0 Å². The molecule has 1 unspecified atom stereocenters. The van der Waals surface area contributed by atoms with Gasteiger partial charge in [0.2, 0.25) is 0 Å². The Morgan fingerprint density at radius 1 is 0.800 bits per heavy atom. The number of sulfonamides is 1. The van der Waals surface area contributed by atoms with Gasteiger partial charge in [0.15, 0.2) is 0 Å². The Morgan fingerprint density at radius 3 is 2.07 bits per heavy atom. The molecule has 0 radical (unpaired) electrons. The molecule has 1 aliphatic heterocycles. The molecule has 0 bridgehead atoms. The van der Waals surface area contributed by atoms with E-state index in [2.05, 4.69) is 4.98 Å². The second-order valence-electron chi connectivity index (χ2n) is 7.00. The molecule has 1 atom stereocenters. The van der Waals surface area contributed by atoms with Gasteiger partial charge in [0.1, 0.15) is 17.7 Å². The normalized spacial score (nSPS) is 17.3. The van der Waals surface area contributed by atoms with Crippen LogP contribution in [0.4, 0.5) is 0 Å². The molecule has 0 amide bonds. The largest absolute Gasteiger partial charge is 0.287 e. The molecule has 1 aromatic heterocycles. The van der Waals surface area contributed by atoms with Crippen molar-refractivity contribution in [2.45, 2.75) is 10.9 Å². The summed E-state index contributed by atoms with van der Waals surface area (Å²) in [5.74, 6) is 1.22. The molecule has 0 aliphatic carbocycles. The maximum atomic E-state index is 13.8. The van der Waals surface area contributed by atoms with E-state index in [0.717, 1.165) is 11.1 Å². The van der Waals surface area contributed by atoms with Gasteiger partial charge in [0.25, 0.3) is 10.0 Å². The van der Waals surface area contributed by atoms with Gasteiger partial charge < -0.3 is 0 Å². The Kier molecular flexibility index (Phi) is 4.48. The van der Waals surface area contributed by atoms with Crippen LogP contribution < -0.4 is 0 Å². The topological polar surface area (TPSA) is 55.2 Å². The smallest absolute Gasteiger partial charge is 0.266 e. The van der Waals surface area contributed by atoms with Gasteiger partial charge in [-0.1, -0.05) is 78.9 Å². The lowest BCUT2D eigenvalue weighted by atomic mass is 10.1. The molecule has 2 heterocycles. The van der Waals surface area contributed by atoms with Gasteiger partial charge in [-0.15, -0.1) is 0 Å². The Hall–Kier alpha value is -3.64. The van der Waals surface area contributed by atoms with Crippen LogP contribution in [0.5, 0.6) is 0 Å². The Labute approximate surface area is 175 Å². The number of hydrogen-bond donors (Lipinski definition) is 0. The number of aromatic nitrogens is 2. The predicted octanol–water partition coefficient (Wildman–Crippen LogP) is 4.63. The zero-order valence-corrected chi connectivity index (χ0v) is 16.9. The molecule has 148 valence electrons. The number of fused-ring (bicyclic) bond motifs is 1. The molecule has 6 heteroatoms. The van der Waals surface area contributed by atoms with E-state index in [1.807, 2.05) is 77.4 Å². The molecule has 30 heavy (non-hydrogen) atoms. The first-order valence-corrected chi connectivity index (χ1v) is 11.0. The first-order valence-electron chi connectivity index (χ1n) is 9.61. The molecule has 5 nitrogen and oxygen atoms in total. The third kappa shape index (κ3) is 3.02. The molecule has 0 fully saturated rings. The summed E-state index contributed by atoms with van der Waals surface area (Å²) >= 11 is 0. The zero-order chi connectivity index (χ0) is 20.6. The minimum atomic E-state index is -3.84. The van der Waals surface area contributed by atoms with E-state index in [9.17, 15) is 8.42 Å². The van der Waals surface area contributed by atoms with Crippen molar-refractivity contribution in [3.63, 3.8) is 0 Å². The molecule has 0 saturated carbocycles. The predicted molar refractivity (Wildman–Crippen MR) is 117 cm³/mol. The first kappa shape index (κ1) is 18.4. The zero-order valence-electron chi connectivity index (χ0n) is 16.0. The SMILES string of the molecule is O=S(=O)(c1ccccc1)N1/C(=C/c2ccccc2)n2ccnc2C1c1ccccc1. The lowest BCUT2D eigenvalue weighted by molar-refractivity contribution is 0.476. The van der Waals surface area contributed by atoms with E-state index in [0.29, 0.717) is 11.6 Å². The fourth-order valence-electron chi connectivity index (χ4n) is 3.77. The van der Waals surface area contributed by atoms with E-state index in [4.69, 9.17) is 0 Å². The fourth-order valence-corrected chi connectivity index (χ4v) is 5.38. The van der Waals surface area contributed by atoms with Crippen molar-refractivity contribution in [1.82, 2.24) is 13.9 Å². The van der Waals surface area contributed by atoms with Gasteiger partial charge in [-0.05, 0) is 29.3 Å². The molecule has 5 rings (SSSR count). The molecular weight excluding hydrogens is 394 g/mol. The van der Waals surface area contributed by atoms with Crippen LogP contribution >= 0.6 is 0 Å². The fraction of sp³-hybridized carbons (Fsp3) is 0.0417. The Morgan fingerprint density at radius 2 is 1.40 bits per heavy atom. The molecule has 3 aromatic carbocycles. The van der Waals surface area contributed by atoms with Gasteiger partial charge >= 0.3 is 0 Å². The van der Waals surface area contributed by atoms with E-state index in [1.54, 1.807) is 36.7 Å². The van der Waals surface area contributed by atoms with Gasteiger partial charge in [-0.2, -0.15) is 0 Å². The summed E-state index contributed by atoms with van der Waals surface area (Å²) in [5.41, 5.74) is 1.77. The maximum Gasteiger partial charge on any atom is 0.266 e. The van der Waals surface area contributed by atoms with Gasteiger partial charge in [0, 0.05) is 12.4 Å². The van der Waals surface area contributed by atoms with E-state index in [-0.39, 0.29) is 4.90 Å². The Bertz CT molecular complexity index is 1300. The monoisotopic (exact) mass is 413 g/mol. The van der Waals surface area contributed by atoms with Gasteiger partial charge in [-0.25, -0.2) is 17.7 Å². The molecule has 0 saturated heterocycles. The summed E-state index contributed by atoms with van der Waals surface area (Å²) in [4.78, 5) is 4.77. The van der Waals surface area contributed by atoms with Crippen LogP contribution in [0.15, 0.2) is 108 Å². The van der Waals surface area contributed by atoms with Crippen LogP contribution in [0, 0.1) is 0 Å². The van der Waals surface area contributed by atoms with E-state index < -0.39 is 16.1 Å². The van der Waals surface area contributed by atoms with Crippen LogP contribution in [0.25, 0.3) is 11.9 Å².